The van der Waals surface area contributed by atoms with Crippen molar-refractivity contribution in [3.05, 3.63) is 71.3 Å². The number of rotatable bonds is 3. The number of ketones is 1. The van der Waals surface area contributed by atoms with Gasteiger partial charge in [-0.2, -0.15) is 0 Å². The molecule has 0 aliphatic heterocycles. The average molecular weight is 232 g/mol. The van der Waals surface area contributed by atoms with Crippen molar-refractivity contribution in [2.45, 2.75) is 6.43 Å². The van der Waals surface area contributed by atoms with Gasteiger partial charge in [-0.05, 0) is 6.07 Å². The van der Waals surface area contributed by atoms with Crippen LogP contribution in [-0.2, 0) is 0 Å². The Morgan fingerprint density at radius 1 is 0.882 bits per heavy atom. The highest BCUT2D eigenvalue weighted by Crippen LogP contribution is 2.20. The Labute approximate surface area is 97.7 Å². The first kappa shape index (κ1) is 11.5. The van der Waals surface area contributed by atoms with Gasteiger partial charge in [0.05, 0.1) is 0 Å². The van der Waals surface area contributed by atoms with Gasteiger partial charge in [0.25, 0.3) is 6.43 Å². The van der Waals surface area contributed by atoms with E-state index >= 15 is 0 Å². The van der Waals surface area contributed by atoms with Crippen LogP contribution in [0, 0.1) is 0 Å². The van der Waals surface area contributed by atoms with Crippen molar-refractivity contribution in [1.29, 1.82) is 0 Å². The second-order valence-corrected chi connectivity index (χ2v) is 3.62. The molecule has 0 amide bonds. The summed E-state index contributed by atoms with van der Waals surface area (Å²) in [5.41, 5.74) is 0.652. The first-order valence-electron chi connectivity index (χ1n) is 5.16. The summed E-state index contributed by atoms with van der Waals surface area (Å²) in [7, 11) is 0. The van der Waals surface area contributed by atoms with Crippen molar-refractivity contribution in [3.8, 4) is 0 Å². The Morgan fingerprint density at radius 3 is 2.18 bits per heavy atom. The van der Waals surface area contributed by atoms with E-state index in [-0.39, 0.29) is 16.9 Å². The molecule has 2 aromatic rings. The number of hydrogen-bond donors (Lipinski definition) is 0. The molecule has 0 bridgehead atoms. The molecule has 0 aliphatic rings. The first-order chi connectivity index (χ1) is 8.18. The molecular weight excluding hydrogens is 222 g/mol. The van der Waals surface area contributed by atoms with E-state index in [1.165, 1.54) is 18.2 Å². The van der Waals surface area contributed by atoms with Crippen molar-refractivity contribution in [2.75, 3.05) is 0 Å². The molecule has 1 nitrogen and oxygen atoms in total. The molecule has 0 aromatic heterocycles. The fourth-order valence-corrected chi connectivity index (χ4v) is 1.57. The maximum Gasteiger partial charge on any atom is 0.263 e. The SMILES string of the molecule is O=C(c1ccccc1)c1cccc(C(F)F)c1. The van der Waals surface area contributed by atoms with Gasteiger partial charge < -0.3 is 0 Å². The van der Waals surface area contributed by atoms with Crippen molar-refractivity contribution in [2.24, 2.45) is 0 Å². The fourth-order valence-electron chi connectivity index (χ4n) is 1.57. The average Bonchev–Trinajstić information content (AvgIpc) is 2.39. The van der Waals surface area contributed by atoms with Crippen molar-refractivity contribution >= 4 is 5.78 Å². The smallest absolute Gasteiger partial charge is 0.263 e. The van der Waals surface area contributed by atoms with Crippen LogP contribution in [0.15, 0.2) is 54.6 Å². The molecule has 2 rings (SSSR count). The summed E-state index contributed by atoms with van der Waals surface area (Å²) in [5, 5.41) is 0. The summed E-state index contributed by atoms with van der Waals surface area (Å²) in [4.78, 5) is 12.0. The maximum absolute atomic E-state index is 12.5. The van der Waals surface area contributed by atoms with Gasteiger partial charge >= 0.3 is 0 Å². The first-order valence-corrected chi connectivity index (χ1v) is 5.16. The van der Waals surface area contributed by atoms with E-state index in [0.29, 0.717) is 5.56 Å². The molecule has 0 fully saturated rings. The van der Waals surface area contributed by atoms with Crippen molar-refractivity contribution in [3.63, 3.8) is 0 Å². The molecule has 0 unspecified atom stereocenters. The summed E-state index contributed by atoms with van der Waals surface area (Å²) < 4.78 is 25.0. The predicted octanol–water partition coefficient (Wildman–Crippen LogP) is 3.86. The lowest BCUT2D eigenvalue weighted by atomic mass is 10.0. The Morgan fingerprint density at radius 2 is 1.53 bits per heavy atom. The number of carbonyl (C=O) groups excluding carboxylic acids is 1. The molecule has 0 atom stereocenters. The maximum atomic E-state index is 12.5. The molecule has 0 saturated heterocycles. The van der Waals surface area contributed by atoms with Crippen LogP contribution < -0.4 is 0 Å². The zero-order valence-corrected chi connectivity index (χ0v) is 8.94. The lowest BCUT2D eigenvalue weighted by Crippen LogP contribution is -2.01. The van der Waals surface area contributed by atoms with E-state index in [9.17, 15) is 13.6 Å². The van der Waals surface area contributed by atoms with Gasteiger partial charge in [-0.25, -0.2) is 8.78 Å². The van der Waals surface area contributed by atoms with Crippen LogP contribution in [0.2, 0.25) is 0 Å². The Balaban J connectivity index is 2.35. The van der Waals surface area contributed by atoms with Gasteiger partial charge in [0.15, 0.2) is 5.78 Å². The second kappa shape index (κ2) is 4.87. The minimum atomic E-state index is -2.56. The minimum absolute atomic E-state index is 0.133. The lowest BCUT2D eigenvalue weighted by molar-refractivity contribution is 0.103. The molecule has 0 radical (unpaired) electrons. The monoisotopic (exact) mass is 232 g/mol. The predicted molar refractivity (Wildman–Crippen MR) is 61.3 cm³/mol. The topological polar surface area (TPSA) is 17.1 Å². The number of hydrogen-bond acceptors (Lipinski definition) is 1. The van der Waals surface area contributed by atoms with Crippen LogP contribution in [0.5, 0.6) is 0 Å². The number of carbonyl (C=O) groups is 1. The summed E-state index contributed by atoms with van der Waals surface area (Å²) in [6.07, 6.45) is -2.56. The quantitative estimate of drug-likeness (QED) is 0.734. The van der Waals surface area contributed by atoms with Crippen molar-refractivity contribution < 1.29 is 13.6 Å². The van der Waals surface area contributed by atoms with Crippen LogP contribution in [-0.4, -0.2) is 5.78 Å². The molecule has 2 aromatic carbocycles. The third kappa shape index (κ3) is 2.56. The highest BCUT2D eigenvalue weighted by atomic mass is 19.3. The summed E-state index contributed by atoms with van der Waals surface area (Å²) in [5.74, 6) is -0.242. The van der Waals surface area contributed by atoms with E-state index in [0.717, 1.165) is 0 Å². The van der Waals surface area contributed by atoms with E-state index in [2.05, 4.69) is 0 Å². The number of alkyl halides is 2. The molecule has 86 valence electrons. The normalized spacial score (nSPS) is 10.5. The van der Waals surface area contributed by atoms with Gasteiger partial charge in [0.2, 0.25) is 0 Å². The molecule has 17 heavy (non-hydrogen) atoms. The highest BCUT2D eigenvalue weighted by Gasteiger charge is 2.12. The molecule has 0 N–H and O–H groups in total. The van der Waals surface area contributed by atoms with E-state index in [1.54, 1.807) is 36.4 Å². The highest BCUT2D eigenvalue weighted by molar-refractivity contribution is 6.09. The third-order valence-electron chi connectivity index (χ3n) is 2.44. The van der Waals surface area contributed by atoms with Gasteiger partial charge in [-0.15, -0.1) is 0 Å². The van der Waals surface area contributed by atoms with E-state index in [4.69, 9.17) is 0 Å². The lowest BCUT2D eigenvalue weighted by Gasteiger charge is -2.04. The fraction of sp³-hybridized carbons (Fsp3) is 0.0714. The standard InChI is InChI=1S/C14H10F2O/c15-14(16)12-8-4-7-11(9-12)13(17)10-5-2-1-3-6-10/h1-9,14H. The summed E-state index contributed by atoms with van der Waals surface area (Å²) >= 11 is 0. The largest absolute Gasteiger partial charge is 0.289 e. The third-order valence-corrected chi connectivity index (χ3v) is 2.44. The van der Waals surface area contributed by atoms with E-state index < -0.39 is 6.43 Å². The minimum Gasteiger partial charge on any atom is -0.289 e. The molecule has 0 aliphatic carbocycles. The Hall–Kier alpha value is -2.03. The molecule has 0 spiro atoms. The van der Waals surface area contributed by atoms with Gasteiger partial charge in [-0.1, -0.05) is 48.5 Å². The van der Waals surface area contributed by atoms with Crippen LogP contribution in [0.1, 0.15) is 27.9 Å². The molecule has 0 heterocycles. The van der Waals surface area contributed by atoms with Gasteiger partial charge in [-0.3, -0.25) is 4.79 Å². The van der Waals surface area contributed by atoms with Crippen molar-refractivity contribution in [1.82, 2.24) is 0 Å². The van der Waals surface area contributed by atoms with E-state index in [1.807, 2.05) is 0 Å². The van der Waals surface area contributed by atoms with Gasteiger partial charge in [0.1, 0.15) is 0 Å². The Bertz CT molecular complexity index is 521. The van der Waals surface area contributed by atoms with Crippen LogP contribution >= 0.6 is 0 Å². The number of benzene rings is 2. The zero-order chi connectivity index (χ0) is 12.3. The molecule has 3 heteroatoms. The summed E-state index contributed by atoms with van der Waals surface area (Å²) in [6.45, 7) is 0. The summed E-state index contributed by atoms with van der Waals surface area (Å²) in [6, 6.07) is 14.2. The van der Waals surface area contributed by atoms with Crippen LogP contribution in [0.3, 0.4) is 0 Å². The molecular formula is C14H10F2O. The zero-order valence-electron chi connectivity index (χ0n) is 8.94. The van der Waals surface area contributed by atoms with Crippen LogP contribution in [0.4, 0.5) is 8.78 Å². The Kier molecular flexibility index (Phi) is 3.28. The van der Waals surface area contributed by atoms with Crippen LogP contribution in [0.25, 0.3) is 0 Å². The number of halogens is 2. The molecule has 0 saturated carbocycles. The second-order valence-electron chi connectivity index (χ2n) is 3.62. The van der Waals surface area contributed by atoms with Gasteiger partial charge in [0, 0.05) is 16.7 Å².